The highest BCUT2D eigenvalue weighted by molar-refractivity contribution is 5.67. The van der Waals surface area contributed by atoms with Crippen LogP contribution >= 0.6 is 0 Å². The number of esters is 1. The van der Waals surface area contributed by atoms with Gasteiger partial charge in [-0.05, 0) is 12.8 Å². The average Bonchev–Trinajstić information content (AvgIpc) is 2.19. The molecule has 0 aromatic rings. The van der Waals surface area contributed by atoms with E-state index in [4.69, 9.17) is 4.74 Å². The van der Waals surface area contributed by atoms with Crippen molar-refractivity contribution >= 4 is 12.3 Å². The van der Waals surface area contributed by atoms with Gasteiger partial charge in [-0.1, -0.05) is 26.7 Å². The molecule has 3 heteroatoms. The topological polar surface area (TPSA) is 43.4 Å². The predicted molar refractivity (Wildman–Crippen MR) is 54.6 cm³/mol. The number of rotatable bonds is 7. The summed E-state index contributed by atoms with van der Waals surface area (Å²) in [6.07, 6.45) is 5.44. The maximum Gasteiger partial charge on any atom is 0.302 e. The van der Waals surface area contributed by atoms with Gasteiger partial charge >= 0.3 is 5.97 Å². The summed E-state index contributed by atoms with van der Waals surface area (Å²) < 4.78 is 4.88. The molecule has 0 aliphatic carbocycles. The number of carbonyl (C=O) groups excluding carboxylic acids is 2. The zero-order chi connectivity index (χ0) is 11.0. The molecule has 0 saturated heterocycles. The first-order chi connectivity index (χ1) is 6.60. The summed E-state index contributed by atoms with van der Waals surface area (Å²) in [5.74, 6) is -0.338. The summed E-state index contributed by atoms with van der Waals surface area (Å²) >= 11 is 0. The normalized spacial score (nSPS) is 14.5. The third kappa shape index (κ3) is 4.40. The first kappa shape index (κ1) is 13.1. The summed E-state index contributed by atoms with van der Waals surface area (Å²) in [4.78, 5) is 21.5. The van der Waals surface area contributed by atoms with Crippen LogP contribution in [0.1, 0.15) is 46.5 Å². The molecular weight excluding hydrogens is 180 g/mol. The molecule has 0 fully saturated rings. The minimum Gasteiger partial charge on any atom is -0.465 e. The first-order valence-electron chi connectivity index (χ1n) is 5.13. The molecule has 0 bridgehead atoms. The van der Waals surface area contributed by atoms with Gasteiger partial charge in [-0.3, -0.25) is 9.59 Å². The lowest BCUT2D eigenvalue weighted by Gasteiger charge is -2.24. The molecule has 0 aromatic carbocycles. The zero-order valence-corrected chi connectivity index (χ0v) is 9.26. The van der Waals surface area contributed by atoms with E-state index >= 15 is 0 Å². The van der Waals surface area contributed by atoms with Crippen LogP contribution in [0.25, 0.3) is 0 Å². The van der Waals surface area contributed by atoms with Gasteiger partial charge < -0.3 is 4.74 Å². The van der Waals surface area contributed by atoms with Gasteiger partial charge in [0.25, 0.3) is 0 Å². The van der Waals surface area contributed by atoms with Gasteiger partial charge in [-0.2, -0.15) is 0 Å². The van der Waals surface area contributed by atoms with Crippen LogP contribution in [0.5, 0.6) is 0 Å². The third-order valence-electron chi connectivity index (χ3n) is 2.45. The molecule has 0 spiro atoms. The molecule has 14 heavy (non-hydrogen) atoms. The number of ether oxygens (including phenoxy) is 1. The summed E-state index contributed by atoms with van der Waals surface area (Å²) in [6.45, 7) is 5.51. The SMILES string of the molecule is CCCCC([C]=O)(CC)COC(C)=O. The van der Waals surface area contributed by atoms with Crippen LogP contribution in [0.2, 0.25) is 0 Å². The van der Waals surface area contributed by atoms with E-state index in [9.17, 15) is 9.59 Å². The summed E-state index contributed by atoms with van der Waals surface area (Å²) in [6, 6.07) is 0. The number of unbranched alkanes of at least 4 members (excludes halogenated alkanes) is 1. The van der Waals surface area contributed by atoms with Crippen molar-refractivity contribution in [2.24, 2.45) is 5.41 Å². The molecule has 0 aliphatic heterocycles. The van der Waals surface area contributed by atoms with E-state index in [1.54, 1.807) is 0 Å². The van der Waals surface area contributed by atoms with E-state index in [-0.39, 0.29) is 12.6 Å². The van der Waals surface area contributed by atoms with Crippen molar-refractivity contribution in [3.8, 4) is 0 Å². The molecule has 0 N–H and O–H groups in total. The molecule has 1 atom stereocenters. The molecule has 81 valence electrons. The molecule has 0 saturated carbocycles. The maximum absolute atomic E-state index is 10.9. The van der Waals surface area contributed by atoms with Gasteiger partial charge in [-0.25, -0.2) is 0 Å². The Morgan fingerprint density at radius 1 is 1.43 bits per heavy atom. The second kappa shape index (κ2) is 6.57. The smallest absolute Gasteiger partial charge is 0.302 e. The third-order valence-corrected chi connectivity index (χ3v) is 2.45. The van der Waals surface area contributed by atoms with Crippen molar-refractivity contribution in [1.29, 1.82) is 0 Å². The van der Waals surface area contributed by atoms with Gasteiger partial charge in [0.1, 0.15) is 6.61 Å². The number of hydrogen-bond acceptors (Lipinski definition) is 3. The lowest BCUT2D eigenvalue weighted by Crippen LogP contribution is -2.29. The fourth-order valence-corrected chi connectivity index (χ4v) is 1.26. The van der Waals surface area contributed by atoms with Crippen molar-refractivity contribution < 1.29 is 14.3 Å². The van der Waals surface area contributed by atoms with E-state index in [0.717, 1.165) is 19.3 Å². The highest BCUT2D eigenvalue weighted by Gasteiger charge is 2.29. The number of carbonyl (C=O) groups is 1. The summed E-state index contributed by atoms with van der Waals surface area (Å²) in [5, 5.41) is 0. The molecule has 3 nitrogen and oxygen atoms in total. The Morgan fingerprint density at radius 3 is 2.43 bits per heavy atom. The van der Waals surface area contributed by atoms with E-state index in [0.29, 0.717) is 6.42 Å². The molecule has 1 unspecified atom stereocenters. The van der Waals surface area contributed by atoms with E-state index in [2.05, 4.69) is 6.92 Å². The van der Waals surface area contributed by atoms with Crippen LogP contribution in [0, 0.1) is 5.41 Å². The van der Waals surface area contributed by atoms with Crippen molar-refractivity contribution in [2.45, 2.75) is 46.5 Å². The molecule has 1 radical (unpaired) electrons. The Hall–Kier alpha value is -0.860. The van der Waals surface area contributed by atoms with Crippen molar-refractivity contribution in [3.63, 3.8) is 0 Å². The van der Waals surface area contributed by atoms with Crippen LogP contribution in [0.4, 0.5) is 0 Å². The summed E-state index contributed by atoms with van der Waals surface area (Å²) in [7, 11) is 0. The molecule has 0 rings (SSSR count). The molecule has 0 aromatic heterocycles. The fourth-order valence-electron chi connectivity index (χ4n) is 1.26. The van der Waals surface area contributed by atoms with Gasteiger partial charge in [0.05, 0.1) is 5.41 Å². The van der Waals surface area contributed by atoms with Crippen LogP contribution in [0.15, 0.2) is 0 Å². The van der Waals surface area contributed by atoms with Crippen LogP contribution in [-0.2, 0) is 14.3 Å². The lowest BCUT2D eigenvalue weighted by molar-refractivity contribution is -0.143. The van der Waals surface area contributed by atoms with Crippen LogP contribution in [0.3, 0.4) is 0 Å². The monoisotopic (exact) mass is 199 g/mol. The second-order valence-corrected chi connectivity index (χ2v) is 3.62. The lowest BCUT2D eigenvalue weighted by atomic mass is 9.82. The zero-order valence-electron chi connectivity index (χ0n) is 9.26. The largest absolute Gasteiger partial charge is 0.465 e. The first-order valence-corrected chi connectivity index (χ1v) is 5.13. The van der Waals surface area contributed by atoms with E-state index in [1.807, 2.05) is 13.2 Å². The molecule has 0 aliphatic rings. The Morgan fingerprint density at radius 2 is 2.07 bits per heavy atom. The fraction of sp³-hybridized carbons (Fsp3) is 0.818. The van der Waals surface area contributed by atoms with Gasteiger partial charge in [0.15, 0.2) is 0 Å². The standard InChI is InChI=1S/C11H19O3/c1-4-6-7-11(5-2,8-12)9-14-10(3)13/h4-7,9H2,1-3H3. The van der Waals surface area contributed by atoms with Crippen molar-refractivity contribution in [2.75, 3.05) is 6.61 Å². The average molecular weight is 199 g/mol. The predicted octanol–water partition coefficient (Wildman–Crippen LogP) is 2.25. The second-order valence-electron chi connectivity index (χ2n) is 3.62. The minimum absolute atomic E-state index is 0.169. The molecular formula is C11H19O3. The Bertz CT molecular complexity index is 189. The van der Waals surface area contributed by atoms with Gasteiger partial charge in [0.2, 0.25) is 6.29 Å². The molecule has 0 heterocycles. The Labute approximate surface area is 85.8 Å². The van der Waals surface area contributed by atoms with E-state index in [1.165, 1.54) is 6.92 Å². The van der Waals surface area contributed by atoms with E-state index < -0.39 is 5.41 Å². The van der Waals surface area contributed by atoms with Crippen LogP contribution < -0.4 is 0 Å². The van der Waals surface area contributed by atoms with Crippen molar-refractivity contribution in [3.05, 3.63) is 0 Å². The Kier molecular flexibility index (Phi) is 6.17. The van der Waals surface area contributed by atoms with Crippen molar-refractivity contribution in [1.82, 2.24) is 0 Å². The van der Waals surface area contributed by atoms with Gasteiger partial charge in [-0.15, -0.1) is 0 Å². The quantitative estimate of drug-likeness (QED) is 0.590. The highest BCUT2D eigenvalue weighted by atomic mass is 16.5. The summed E-state index contributed by atoms with van der Waals surface area (Å²) in [5.41, 5.74) is -0.582. The Balaban J connectivity index is 4.21. The van der Waals surface area contributed by atoms with Crippen LogP contribution in [-0.4, -0.2) is 18.9 Å². The van der Waals surface area contributed by atoms with Gasteiger partial charge in [0, 0.05) is 6.92 Å². The maximum atomic E-state index is 10.9. The molecule has 0 amide bonds. The number of hydrogen-bond donors (Lipinski definition) is 0. The minimum atomic E-state index is -0.582. The highest BCUT2D eigenvalue weighted by Crippen LogP contribution is 2.26.